The first-order valence-corrected chi connectivity index (χ1v) is 9.64. The van der Waals surface area contributed by atoms with Gasteiger partial charge in [-0.1, -0.05) is 72.8 Å². The number of ether oxygens (including phenoxy) is 1. The maximum Gasteiger partial charge on any atom is 0.191 e. The van der Waals surface area contributed by atoms with Crippen LogP contribution in [0.15, 0.2) is 59.8 Å². The molecule has 0 atom stereocenters. The van der Waals surface area contributed by atoms with Crippen LogP contribution in [0.5, 0.6) is 5.75 Å². The van der Waals surface area contributed by atoms with Crippen molar-refractivity contribution in [3.8, 4) is 17.1 Å². The summed E-state index contributed by atoms with van der Waals surface area (Å²) in [5.41, 5.74) is 1.09. The van der Waals surface area contributed by atoms with Gasteiger partial charge in [-0.05, 0) is 18.6 Å². The van der Waals surface area contributed by atoms with E-state index in [-0.39, 0.29) is 0 Å². The highest BCUT2D eigenvalue weighted by Crippen LogP contribution is 2.26. The zero-order valence-corrected chi connectivity index (χ0v) is 15.6. The normalized spacial score (nSPS) is 10.8. The topological polar surface area (TPSA) is 39.9 Å². The van der Waals surface area contributed by atoms with Crippen molar-refractivity contribution < 1.29 is 4.74 Å². The van der Waals surface area contributed by atoms with E-state index in [0.29, 0.717) is 17.4 Å². The van der Waals surface area contributed by atoms with Crippen molar-refractivity contribution in [3.05, 3.63) is 59.6 Å². The first kappa shape index (κ1) is 17.8. The molecule has 25 heavy (non-hydrogen) atoms. The Labute approximate surface area is 157 Å². The van der Waals surface area contributed by atoms with Crippen molar-refractivity contribution in [3.63, 3.8) is 0 Å². The van der Waals surface area contributed by atoms with E-state index in [4.69, 9.17) is 16.3 Å². The number of hydrogen-bond acceptors (Lipinski definition) is 4. The van der Waals surface area contributed by atoms with Crippen LogP contribution < -0.4 is 4.74 Å². The number of nitrogens with zero attached hydrogens (tertiary/aromatic N) is 3. The minimum Gasteiger partial charge on any atom is -0.491 e. The van der Waals surface area contributed by atoms with E-state index in [0.717, 1.165) is 35.3 Å². The van der Waals surface area contributed by atoms with Gasteiger partial charge in [-0.15, -0.1) is 10.2 Å². The van der Waals surface area contributed by atoms with E-state index in [9.17, 15) is 0 Å². The third-order valence-electron chi connectivity index (χ3n) is 3.60. The van der Waals surface area contributed by atoms with Gasteiger partial charge < -0.3 is 9.30 Å². The summed E-state index contributed by atoms with van der Waals surface area (Å²) < 4.78 is 7.92. The van der Waals surface area contributed by atoms with E-state index in [1.54, 1.807) is 11.8 Å². The summed E-state index contributed by atoms with van der Waals surface area (Å²) in [6.45, 7) is 3.61. The van der Waals surface area contributed by atoms with Crippen molar-refractivity contribution in [1.82, 2.24) is 14.8 Å². The van der Waals surface area contributed by atoms with Gasteiger partial charge >= 0.3 is 0 Å². The highest BCUT2D eigenvalue weighted by molar-refractivity contribution is 7.99. The second-order valence-corrected chi connectivity index (χ2v) is 6.92. The quantitative estimate of drug-likeness (QED) is 0.403. The molecule has 0 aliphatic rings. The fraction of sp³-hybridized carbons (Fsp3) is 0.263. The summed E-state index contributed by atoms with van der Waals surface area (Å²) >= 11 is 7.75. The van der Waals surface area contributed by atoms with Crippen LogP contribution in [-0.4, -0.2) is 27.1 Å². The molecule has 0 fully saturated rings. The second kappa shape index (κ2) is 8.92. The second-order valence-electron chi connectivity index (χ2n) is 5.45. The number of benzene rings is 2. The summed E-state index contributed by atoms with van der Waals surface area (Å²) in [5.74, 6) is 2.41. The standard InChI is InChI=1S/C19H20ClN3OS/c1-2-12-23-18(15-8-4-3-5-9-15)21-22-19(23)25-14-13-24-17-11-7-6-10-16(17)20/h3-11H,2,12-14H2,1H3. The first-order chi connectivity index (χ1) is 12.3. The Kier molecular flexibility index (Phi) is 6.36. The molecule has 0 radical (unpaired) electrons. The Morgan fingerprint density at radius 1 is 1.04 bits per heavy atom. The third-order valence-corrected chi connectivity index (χ3v) is 4.85. The molecule has 0 aliphatic carbocycles. The average Bonchev–Trinajstić information content (AvgIpc) is 3.04. The lowest BCUT2D eigenvalue weighted by molar-refractivity contribution is 0.344. The van der Waals surface area contributed by atoms with Crippen molar-refractivity contribution in [1.29, 1.82) is 0 Å². The number of para-hydroxylation sites is 1. The van der Waals surface area contributed by atoms with Crippen LogP contribution in [0.3, 0.4) is 0 Å². The van der Waals surface area contributed by atoms with E-state index in [2.05, 4.69) is 33.8 Å². The van der Waals surface area contributed by atoms with E-state index in [1.807, 2.05) is 42.5 Å². The Balaban J connectivity index is 1.64. The number of rotatable bonds is 8. The van der Waals surface area contributed by atoms with Gasteiger partial charge in [0.15, 0.2) is 11.0 Å². The van der Waals surface area contributed by atoms with E-state index >= 15 is 0 Å². The molecule has 6 heteroatoms. The van der Waals surface area contributed by atoms with E-state index < -0.39 is 0 Å². The largest absolute Gasteiger partial charge is 0.491 e. The van der Waals surface area contributed by atoms with Crippen LogP contribution in [0.25, 0.3) is 11.4 Å². The number of halogens is 1. The maximum atomic E-state index is 6.10. The molecule has 0 saturated heterocycles. The van der Waals surface area contributed by atoms with Gasteiger partial charge in [0.2, 0.25) is 0 Å². The van der Waals surface area contributed by atoms with Crippen LogP contribution in [-0.2, 0) is 6.54 Å². The fourth-order valence-corrected chi connectivity index (χ4v) is 3.44. The molecule has 1 heterocycles. The lowest BCUT2D eigenvalue weighted by Gasteiger charge is -2.10. The highest BCUT2D eigenvalue weighted by atomic mass is 35.5. The van der Waals surface area contributed by atoms with Gasteiger partial charge in [0.25, 0.3) is 0 Å². The van der Waals surface area contributed by atoms with Crippen molar-refractivity contribution in [2.45, 2.75) is 25.0 Å². The van der Waals surface area contributed by atoms with Gasteiger partial charge in [-0.3, -0.25) is 0 Å². The predicted octanol–water partition coefficient (Wildman–Crippen LogP) is 5.18. The molecule has 0 N–H and O–H groups in total. The zero-order chi connectivity index (χ0) is 17.5. The molecule has 2 aromatic carbocycles. The molecular formula is C19H20ClN3OS. The molecule has 0 aliphatic heterocycles. The summed E-state index contributed by atoms with van der Waals surface area (Å²) in [6.07, 6.45) is 1.03. The molecule has 130 valence electrons. The molecular weight excluding hydrogens is 354 g/mol. The smallest absolute Gasteiger partial charge is 0.191 e. The average molecular weight is 374 g/mol. The highest BCUT2D eigenvalue weighted by Gasteiger charge is 2.13. The van der Waals surface area contributed by atoms with Gasteiger partial charge in [-0.2, -0.15) is 0 Å². The Morgan fingerprint density at radius 3 is 2.56 bits per heavy atom. The molecule has 0 saturated carbocycles. The fourth-order valence-electron chi connectivity index (χ4n) is 2.47. The Bertz CT molecular complexity index is 807. The molecule has 3 rings (SSSR count). The molecule has 1 aromatic heterocycles. The summed E-state index contributed by atoms with van der Waals surface area (Å²) in [7, 11) is 0. The van der Waals surface area contributed by atoms with Crippen LogP contribution >= 0.6 is 23.4 Å². The summed E-state index contributed by atoms with van der Waals surface area (Å²) in [4.78, 5) is 0. The zero-order valence-electron chi connectivity index (χ0n) is 14.1. The molecule has 3 aromatic rings. The number of aromatic nitrogens is 3. The number of hydrogen-bond donors (Lipinski definition) is 0. The first-order valence-electron chi connectivity index (χ1n) is 8.28. The molecule has 0 bridgehead atoms. The SMILES string of the molecule is CCCn1c(SCCOc2ccccc2Cl)nnc1-c1ccccc1. The molecule has 0 unspecified atom stereocenters. The minimum atomic E-state index is 0.564. The Hall–Kier alpha value is -1.98. The van der Waals surface area contributed by atoms with Crippen LogP contribution in [0, 0.1) is 0 Å². The van der Waals surface area contributed by atoms with Gasteiger partial charge in [0.1, 0.15) is 5.75 Å². The van der Waals surface area contributed by atoms with Crippen molar-refractivity contribution in [2.75, 3.05) is 12.4 Å². The monoisotopic (exact) mass is 373 g/mol. The lowest BCUT2D eigenvalue weighted by Crippen LogP contribution is -2.05. The van der Waals surface area contributed by atoms with Gasteiger partial charge in [-0.25, -0.2) is 0 Å². The van der Waals surface area contributed by atoms with E-state index in [1.165, 1.54) is 0 Å². The minimum absolute atomic E-state index is 0.564. The molecule has 0 amide bonds. The Morgan fingerprint density at radius 2 is 1.80 bits per heavy atom. The van der Waals surface area contributed by atoms with Crippen LogP contribution in [0.2, 0.25) is 5.02 Å². The van der Waals surface area contributed by atoms with Crippen molar-refractivity contribution >= 4 is 23.4 Å². The summed E-state index contributed by atoms with van der Waals surface area (Å²) in [5, 5.41) is 10.3. The van der Waals surface area contributed by atoms with Gasteiger partial charge in [0, 0.05) is 17.9 Å². The summed E-state index contributed by atoms with van der Waals surface area (Å²) in [6, 6.07) is 17.7. The molecule has 0 spiro atoms. The maximum absolute atomic E-state index is 6.10. The van der Waals surface area contributed by atoms with Crippen molar-refractivity contribution in [2.24, 2.45) is 0 Å². The third kappa shape index (κ3) is 4.55. The van der Waals surface area contributed by atoms with Gasteiger partial charge in [0.05, 0.1) is 11.6 Å². The van der Waals surface area contributed by atoms with Crippen LogP contribution in [0.4, 0.5) is 0 Å². The lowest BCUT2D eigenvalue weighted by atomic mass is 10.2. The number of thioether (sulfide) groups is 1. The molecule has 4 nitrogen and oxygen atoms in total. The predicted molar refractivity (Wildman–Crippen MR) is 103 cm³/mol. The van der Waals surface area contributed by atoms with Crippen LogP contribution in [0.1, 0.15) is 13.3 Å².